The number of hydrogen-bond donors (Lipinski definition) is 6. The van der Waals surface area contributed by atoms with Crippen LogP contribution in [0.5, 0.6) is 5.75 Å². The SMILES string of the molecule is Cc1cc(O)cc(C)c1CCC(=O)N[C@@H]1C/C=C/CC[C@@H](C(N)=O)NC(=O)[C@H](Cc2ccccc2)NC(=O)[C@H](Cc2ccccc2)NC1=O. The van der Waals surface area contributed by atoms with Gasteiger partial charge in [0.05, 0.1) is 0 Å². The Kier molecular flexibility index (Phi) is 13.1. The Morgan fingerprint density at radius 2 is 1.33 bits per heavy atom. The maximum atomic E-state index is 13.9. The van der Waals surface area contributed by atoms with Crippen molar-refractivity contribution in [3.8, 4) is 5.75 Å². The first-order valence-electron chi connectivity index (χ1n) is 16.5. The van der Waals surface area contributed by atoms with E-state index in [1.54, 1.807) is 24.3 Å². The van der Waals surface area contributed by atoms with Gasteiger partial charge in [-0.3, -0.25) is 24.0 Å². The van der Waals surface area contributed by atoms with Crippen molar-refractivity contribution in [2.75, 3.05) is 0 Å². The zero-order valence-electron chi connectivity index (χ0n) is 27.9. The molecule has 0 spiro atoms. The molecule has 0 radical (unpaired) electrons. The molecular weight excluding hydrogens is 622 g/mol. The number of nitrogens with two attached hydrogens (primary N) is 1. The molecule has 0 aliphatic carbocycles. The van der Waals surface area contributed by atoms with E-state index in [0.717, 1.165) is 27.8 Å². The van der Waals surface area contributed by atoms with E-state index >= 15 is 0 Å². The highest BCUT2D eigenvalue weighted by Gasteiger charge is 2.31. The first-order valence-corrected chi connectivity index (χ1v) is 16.5. The van der Waals surface area contributed by atoms with Gasteiger partial charge in [0, 0.05) is 19.3 Å². The number of aromatic hydroxyl groups is 1. The smallest absolute Gasteiger partial charge is 0.243 e. The van der Waals surface area contributed by atoms with Crippen molar-refractivity contribution in [3.05, 3.63) is 113 Å². The van der Waals surface area contributed by atoms with Crippen LogP contribution >= 0.6 is 0 Å². The average Bonchev–Trinajstić information content (AvgIpc) is 3.06. The van der Waals surface area contributed by atoms with E-state index in [2.05, 4.69) is 21.3 Å². The van der Waals surface area contributed by atoms with E-state index in [1.807, 2.05) is 74.5 Å². The number of phenolic OH excluding ortho intramolecular Hbond substituents is 1. The maximum absolute atomic E-state index is 13.9. The van der Waals surface area contributed by atoms with Crippen LogP contribution in [0.1, 0.15) is 53.5 Å². The highest BCUT2D eigenvalue weighted by atomic mass is 16.3. The molecular formula is C38H45N5O6. The van der Waals surface area contributed by atoms with Crippen molar-refractivity contribution in [1.29, 1.82) is 0 Å². The Balaban J connectivity index is 1.60. The summed E-state index contributed by atoms with van der Waals surface area (Å²) in [5.74, 6) is -2.63. The van der Waals surface area contributed by atoms with Gasteiger partial charge < -0.3 is 32.1 Å². The summed E-state index contributed by atoms with van der Waals surface area (Å²) in [6, 6.07) is 17.4. The second kappa shape index (κ2) is 17.6. The number of rotatable bonds is 9. The number of benzene rings is 3. The molecule has 1 aliphatic rings. The number of phenols is 1. The predicted octanol–water partition coefficient (Wildman–Crippen LogP) is 2.59. The van der Waals surface area contributed by atoms with Gasteiger partial charge >= 0.3 is 0 Å². The monoisotopic (exact) mass is 667 g/mol. The van der Waals surface area contributed by atoms with Crippen LogP contribution in [0.4, 0.5) is 0 Å². The molecule has 1 heterocycles. The Morgan fingerprint density at radius 1 is 0.796 bits per heavy atom. The van der Waals surface area contributed by atoms with E-state index in [-0.39, 0.29) is 43.8 Å². The lowest BCUT2D eigenvalue weighted by Crippen LogP contribution is -2.59. The van der Waals surface area contributed by atoms with Gasteiger partial charge in [0.25, 0.3) is 0 Å². The summed E-state index contributed by atoms with van der Waals surface area (Å²) in [6.45, 7) is 3.73. The summed E-state index contributed by atoms with van der Waals surface area (Å²) >= 11 is 0. The number of hydrogen-bond acceptors (Lipinski definition) is 6. The Bertz CT molecular complexity index is 1640. The molecule has 11 nitrogen and oxygen atoms in total. The van der Waals surface area contributed by atoms with E-state index in [4.69, 9.17) is 5.73 Å². The van der Waals surface area contributed by atoms with Crippen LogP contribution < -0.4 is 27.0 Å². The number of primary amides is 1. The zero-order valence-corrected chi connectivity index (χ0v) is 27.9. The number of amides is 5. The van der Waals surface area contributed by atoms with Crippen molar-refractivity contribution < 1.29 is 29.1 Å². The zero-order chi connectivity index (χ0) is 35.3. The van der Waals surface area contributed by atoms with Crippen LogP contribution in [0.15, 0.2) is 84.9 Å². The van der Waals surface area contributed by atoms with Crippen LogP contribution in [-0.4, -0.2) is 58.8 Å². The minimum Gasteiger partial charge on any atom is -0.508 e. The number of carbonyl (C=O) groups excluding carboxylic acids is 5. The quantitative estimate of drug-likeness (QED) is 0.191. The molecule has 1 aliphatic heterocycles. The van der Waals surface area contributed by atoms with Crippen LogP contribution in [-0.2, 0) is 43.2 Å². The van der Waals surface area contributed by atoms with Gasteiger partial charge in [-0.2, -0.15) is 0 Å². The van der Waals surface area contributed by atoms with Crippen LogP contribution in [0.3, 0.4) is 0 Å². The fourth-order valence-corrected chi connectivity index (χ4v) is 5.94. The highest BCUT2D eigenvalue weighted by Crippen LogP contribution is 2.22. The minimum absolute atomic E-state index is 0.100. The third kappa shape index (κ3) is 11.1. The molecule has 258 valence electrons. The molecule has 11 heteroatoms. The first-order chi connectivity index (χ1) is 23.5. The number of allylic oxidation sites excluding steroid dienone is 1. The molecule has 0 saturated carbocycles. The summed E-state index contributed by atoms with van der Waals surface area (Å²) in [6.07, 6.45) is 4.95. The van der Waals surface area contributed by atoms with Gasteiger partial charge in [-0.1, -0.05) is 72.8 Å². The van der Waals surface area contributed by atoms with Crippen LogP contribution in [0, 0.1) is 13.8 Å². The molecule has 4 rings (SSSR count). The topological polar surface area (TPSA) is 180 Å². The largest absolute Gasteiger partial charge is 0.508 e. The van der Waals surface area contributed by atoms with Crippen molar-refractivity contribution in [1.82, 2.24) is 21.3 Å². The number of aryl methyl sites for hydroxylation is 2. The molecule has 0 unspecified atom stereocenters. The van der Waals surface area contributed by atoms with Gasteiger partial charge in [-0.05, 0) is 79.5 Å². The fraction of sp³-hybridized carbons (Fsp3) is 0.342. The van der Waals surface area contributed by atoms with Gasteiger partial charge in [0.1, 0.15) is 29.9 Å². The lowest BCUT2D eigenvalue weighted by molar-refractivity contribution is -0.134. The molecule has 49 heavy (non-hydrogen) atoms. The second-order valence-electron chi connectivity index (χ2n) is 12.4. The van der Waals surface area contributed by atoms with Crippen molar-refractivity contribution in [3.63, 3.8) is 0 Å². The third-order valence-corrected chi connectivity index (χ3v) is 8.59. The van der Waals surface area contributed by atoms with Crippen LogP contribution in [0.25, 0.3) is 0 Å². The molecule has 7 N–H and O–H groups in total. The van der Waals surface area contributed by atoms with Crippen molar-refractivity contribution in [2.24, 2.45) is 5.73 Å². The lowest BCUT2D eigenvalue weighted by Gasteiger charge is -2.26. The van der Waals surface area contributed by atoms with Gasteiger partial charge in [-0.25, -0.2) is 0 Å². The van der Waals surface area contributed by atoms with Crippen LogP contribution in [0.2, 0.25) is 0 Å². The first kappa shape index (κ1) is 36.4. The summed E-state index contributed by atoms with van der Waals surface area (Å²) in [5, 5.41) is 21.1. The molecule has 0 bridgehead atoms. The number of carbonyl (C=O) groups is 5. The summed E-state index contributed by atoms with van der Waals surface area (Å²) in [4.78, 5) is 66.8. The van der Waals surface area contributed by atoms with E-state index in [9.17, 15) is 29.1 Å². The average molecular weight is 668 g/mol. The Hall–Kier alpha value is -5.45. The summed E-state index contributed by atoms with van der Waals surface area (Å²) in [7, 11) is 0. The molecule has 3 aromatic carbocycles. The van der Waals surface area contributed by atoms with Crippen molar-refractivity contribution >= 4 is 29.5 Å². The van der Waals surface area contributed by atoms with Gasteiger partial charge in [0.15, 0.2) is 0 Å². The molecule has 4 atom stereocenters. The van der Waals surface area contributed by atoms with Gasteiger partial charge in [-0.15, -0.1) is 0 Å². The second-order valence-corrected chi connectivity index (χ2v) is 12.4. The molecule has 3 aromatic rings. The van der Waals surface area contributed by atoms with E-state index in [0.29, 0.717) is 12.8 Å². The molecule has 0 fully saturated rings. The maximum Gasteiger partial charge on any atom is 0.243 e. The highest BCUT2D eigenvalue weighted by molar-refractivity contribution is 5.95. The number of nitrogens with one attached hydrogen (secondary N) is 4. The molecule has 5 amide bonds. The summed E-state index contributed by atoms with van der Waals surface area (Å²) < 4.78 is 0. The third-order valence-electron chi connectivity index (χ3n) is 8.59. The molecule has 0 aromatic heterocycles. The van der Waals surface area contributed by atoms with Crippen molar-refractivity contribution in [2.45, 2.75) is 83.0 Å². The summed E-state index contributed by atoms with van der Waals surface area (Å²) in [5.41, 5.74) is 9.86. The lowest BCUT2D eigenvalue weighted by atomic mass is 9.98. The molecule has 0 saturated heterocycles. The fourth-order valence-electron chi connectivity index (χ4n) is 5.94. The van der Waals surface area contributed by atoms with Gasteiger partial charge in [0.2, 0.25) is 29.5 Å². The van der Waals surface area contributed by atoms with E-state index < -0.39 is 47.8 Å². The normalized spacial score (nSPS) is 21.2. The Morgan fingerprint density at radius 3 is 1.88 bits per heavy atom. The minimum atomic E-state index is -1.09. The standard InChI is InChI=1S/C38H45N5O6/c1-24-20-28(44)21-25(2)29(24)18-19-34(45)40-31-17-11-5-10-16-30(35(39)46)41-37(48)32(22-26-12-6-3-7-13-26)43-38(49)33(42-36(31)47)23-27-14-8-4-9-15-27/h3-9,11-15,20-21,30-33,44H,10,16-19,22-23H2,1-2H3,(H2,39,46)(H,40,45)(H,41,48)(H,42,47)(H,43,49)/b11-5+/t30-,31+,32-,33-/m0/s1. The predicted molar refractivity (Wildman–Crippen MR) is 186 cm³/mol. The van der Waals surface area contributed by atoms with E-state index in [1.165, 1.54) is 0 Å². The Labute approximate surface area is 286 Å².